The molecule has 1 heterocycles. The third-order valence-corrected chi connectivity index (χ3v) is 2.24. The largest absolute Gasteiger partial charge is 0.365 e. The smallest absolute Gasteiger partial charge is 0.114 e. The number of rotatable bonds is 1. The Labute approximate surface area is 67.0 Å². The summed E-state index contributed by atoms with van der Waals surface area (Å²) in [6.45, 7) is 5.09. The van der Waals surface area contributed by atoms with E-state index in [4.69, 9.17) is 4.74 Å². The predicted molar refractivity (Wildman–Crippen MR) is 44.5 cm³/mol. The fourth-order valence-electron chi connectivity index (χ4n) is 1.18. The molecule has 1 atom stereocenters. The Morgan fingerprint density at radius 3 is 2.27 bits per heavy atom. The second kappa shape index (κ2) is 2.08. The van der Waals surface area contributed by atoms with Crippen molar-refractivity contribution < 1.29 is 4.74 Å². The quantitative estimate of drug-likeness (QED) is 0.556. The molecule has 0 radical (unpaired) electrons. The van der Waals surface area contributed by atoms with Crippen LogP contribution in [0.25, 0.3) is 0 Å². The third kappa shape index (κ3) is 1.16. The van der Waals surface area contributed by atoms with Crippen LogP contribution in [0.1, 0.15) is 18.1 Å². The summed E-state index contributed by atoms with van der Waals surface area (Å²) in [6, 6.07) is 8.54. The van der Waals surface area contributed by atoms with Gasteiger partial charge in [-0.3, -0.25) is 0 Å². The Bertz CT molecular complexity index is 257. The summed E-state index contributed by atoms with van der Waals surface area (Å²) in [6.07, 6.45) is 0. The lowest BCUT2D eigenvalue weighted by Crippen LogP contribution is -2.00. The first kappa shape index (κ1) is 6.86. The first-order chi connectivity index (χ1) is 5.21. The van der Waals surface area contributed by atoms with Crippen molar-refractivity contribution in [3.8, 4) is 0 Å². The summed E-state index contributed by atoms with van der Waals surface area (Å²) < 4.78 is 5.32. The van der Waals surface area contributed by atoms with Crippen molar-refractivity contribution in [2.24, 2.45) is 0 Å². The van der Waals surface area contributed by atoms with E-state index in [1.54, 1.807) is 0 Å². The summed E-state index contributed by atoms with van der Waals surface area (Å²) in [5.41, 5.74) is 2.63. The van der Waals surface area contributed by atoms with E-state index in [0.717, 1.165) is 6.61 Å². The molecular weight excluding hydrogens is 136 g/mol. The zero-order chi connectivity index (χ0) is 7.90. The average molecular weight is 148 g/mol. The number of benzene rings is 1. The lowest BCUT2D eigenvalue weighted by atomic mass is 10.0. The van der Waals surface area contributed by atoms with Crippen LogP contribution >= 0.6 is 0 Å². The summed E-state index contributed by atoms with van der Waals surface area (Å²) in [5.74, 6) is 0. The van der Waals surface area contributed by atoms with Gasteiger partial charge in [0.05, 0.1) is 6.61 Å². The molecule has 0 saturated carbocycles. The van der Waals surface area contributed by atoms with Gasteiger partial charge in [-0.1, -0.05) is 29.8 Å². The molecule has 0 unspecified atom stereocenters. The van der Waals surface area contributed by atoms with Crippen LogP contribution in [0.2, 0.25) is 0 Å². The van der Waals surface area contributed by atoms with Crippen LogP contribution in [0.3, 0.4) is 0 Å². The molecular formula is C10H12O. The second-order valence-corrected chi connectivity index (χ2v) is 3.39. The summed E-state index contributed by atoms with van der Waals surface area (Å²) >= 11 is 0. The van der Waals surface area contributed by atoms with Crippen LogP contribution in [0.15, 0.2) is 24.3 Å². The molecule has 0 aromatic heterocycles. The van der Waals surface area contributed by atoms with Crippen molar-refractivity contribution >= 4 is 0 Å². The molecule has 0 aliphatic carbocycles. The van der Waals surface area contributed by atoms with E-state index in [9.17, 15) is 0 Å². The maximum Gasteiger partial charge on any atom is 0.114 e. The van der Waals surface area contributed by atoms with Crippen LogP contribution in [0.5, 0.6) is 0 Å². The highest BCUT2D eigenvalue weighted by Crippen LogP contribution is 2.37. The van der Waals surface area contributed by atoms with Crippen molar-refractivity contribution in [3.63, 3.8) is 0 Å². The van der Waals surface area contributed by atoms with Gasteiger partial charge in [0.25, 0.3) is 0 Å². The Balaban J connectivity index is 2.33. The minimum absolute atomic E-state index is 0.0354. The van der Waals surface area contributed by atoms with Gasteiger partial charge in [-0.05, 0) is 19.4 Å². The molecule has 0 amide bonds. The molecule has 1 aromatic carbocycles. The number of epoxide rings is 1. The Hall–Kier alpha value is -0.820. The summed E-state index contributed by atoms with van der Waals surface area (Å²) in [4.78, 5) is 0. The number of aryl methyl sites for hydroxylation is 1. The number of hydrogen-bond acceptors (Lipinski definition) is 1. The highest BCUT2D eigenvalue weighted by atomic mass is 16.6. The topological polar surface area (TPSA) is 12.5 Å². The van der Waals surface area contributed by atoms with Gasteiger partial charge in [0, 0.05) is 0 Å². The minimum atomic E-state index is 0.0354. The molecule has 0 spiro atoms. The maximum absolute atomic E-state index is 5.32. The lowest BCUT2D eigenvalue weighted by Gasteiger charge is -2.04. The normalized spacial score (nSPS) is 28.5. The van der Waals surface area contributed by atoms with Gasteiger partial charge in [0.1, 0.15) is 5.60 Å². The van der Waals surface area contributed by atoms with Gasteiger partial charge < -0.3 is 4.74 Å². The first-order valence-electron chi connectivity index (χ1n) is 3.92. The molecule has 2 rings (SSSR count). The summed E-state index contributed by atoms with van der Waals surface area (Å²) in [7, 11) is 0. The number of hydrogen-bond donors (Lipinski definition) is 0. The second-order valence-electron chi connectivity index (χ2n) is 3.39. The van der Waals surface area contributed by atoms with Gasteiger partial charge in [0.2, 0.25) is 0 Å². The van der Waals surface area contributed by atoms with Crippen LogP contribution in [0.4, 0.5) is 0 Å². The van der Waals surface area contributed by atoms with Crippen LogP contribution < -0.4 is 0 Å². The molecule has 0 bridgehead atoms. The van der Waals surface area contributed by atoms with Gasteiger partial charge in [-0.25, -0.2) is 0 Å². The zero-order valence-corrected chi connectivity index (χ0v) is 6.92. The number of ether oxygens (including phenoxy) is 1. The van der Waals surface area contributed by atoms with E-state index in [2.05, 4.69) is 38.1 Å². The predicted octanol–water partition coefficient (Wildman–Crippen LogP) is 2.24. The van der Waals surface area contributed by atoms with E-state index in [1.807, 2.05) is 0 Å². The third-order valence-electron chi connectivity index (χ3n) is 2.24. The van der Waals surface area contributed by atoms with Gasteiger partial charge in [-0.15, -0.1) is 0 Å². The van der Waals surface area contributed by atoms with E-state index in [1.165, 1.54) is 11.1 Å². The summed E-state index contributed by atoms with van der Waals surface area (Å²) in [5, 5.41) is 0. The molecule has 1 aromatic rings. The van der Waals surface area contributed by atoms with Gasteiger partial charge in [-0.2, -0.15) is 0 Å². The van der Waals surface area contributed by atoms with Crippen LogP contribution in [0, 0.1) is 6.92 Å². The van der Waals surface area contributed by atoms with Crippen molar-refractivity contribution in [2.75, 3.05) is 6.61 Å². The van der Waals surface area contributed by atoms with Crippen LogP contribution in [-0.4, -0.2) is 6.61 Å². The Morgan fingerprint density at radius 1 is 1.27 bits per heavy atom. The van der Waals surface area contributed by atoms with E-state index in [-0.39, 0.29) is 5.60 Å². The lowest BCUT2D eigenvalue weighted by molar-refractivity contribution is 0.329. The fourth-order valence-corrected chi connectivity index (χ4v) is 1.18. The highest BCUT2D eigenvalue weighted by molar-refractivity contribution is 5.28. The Kier molecular flexibility index (Phi) is 1.30. The maximum atomic E-state index is 5.32. The molecule has 1 fully saturated rings. The zero-order valence-electron chi connectivity index (χ0n) is 6.92. The monoisotopic (exact) mass is 148 g/mol. The first-order valence-corrected chi connectivity index (χ1v) is 3.92. The van der Waals surface area contributed by atoms with Crippen molar-refractivity contribution in [1.29, 1.82) is 0 Å². The molecule has 58 valence electrons. The van der Waals surface area contributed by atoms with Crippen molar-refractivity contribution in [2.45, 2.75) is 19.4 Å². The fraction of sp³-hybridized carbons (Fsp3) is 0.400. The van der Waals surface area contributed by atoms with Gasteiger partial charge >= 0.3 is 0 Å². The van der Waals surface area contributed by atoms with E-state index >= 15 is 0 Å². The van der Waals surface area contributed by atoms with E-state index < -0.39 is 0 Å². The molecule has 11 heavy (non-hydrogen) atoms. The minimum Gasteiger partial charge on any atom is -0.365 e. The molecule has 0 N–H and O–H groups in total. The standard InChI is InChI=1S/C10H12O/c1-8-3-5-9(6-4-8)10(2)7-11-10/h3-6H,7H2,1-2H3/t10-/m1/s1. The Morgan fingerprint density at radius 2 is 1.82 bits per heavy atom. The molecule has 1 heteroatoms. The van der Waals surface area contributed by atoms with Gasteiger partial charge in [0.15, 0.2) is 0 Å². The molecule has 1 aliphatic heterocycles. The molecule has 1 saturated heterocycles. The SMILES string of the molecule is Cc1ccc([C@@]2(C)CO2)cc1. The molecule has 1 nitrogen and oxygen atoms in total. The van der Waals surface area contributed by atoms with Crippen LogP contribution in [-0.2, 0) is 10.3 Å². The van der Waals surface area contributed by atoms with Crippen molar-refractivity contribution in [1.82, 2.24) is 0 Å². The van der Waals surface area contributed by atoms with Crippen molar-refractivity contribution in [3.05, 3.63) is 35.4 Å². The molecule has 1 aliphatic rings. The highest BCUT2D eigenvalue weighted by Gasteiger charge is 2.40. The average Bonchev–Trinajstić information content (AvgIpc) is 2.70. The van der Waals surface area contributed by atoms with E-state index in [0.29, 0.717) is 0 Å².